The highest BCUT2D eigenvalue weighted by Gasteiger charge is 2.51. The fraction of sp³-hybridized carbons (Fsp3) is 0.400. The van der Waals surface area contributed by atoms with Gasteiger partial charge in [0.25, 0.3) is 23.6 Å². The molecule has 1 radical (unpaired) electrons. The molecule has 3 aliphatic heterocycles. The summed E-state index contributed by atoms with van der Waals surface area (Å²) in [6.07, 6.45) is 0.598. The molecular weight excluding hydrogens is 454 g/mol. The number of hydroxylamine groups is 2. The third-order valence-electron chi connectivity index (χ3n) is 7.24. The van der Waals surface area contributed by atoms with Crippen molar-refractivity contribution in [2.24, 2.45) is 0 Å². The minimum absolute atomic E-state index is 0.0671. The van der Waals surface area contributed by atoms with Crippen molar-refractivity contribution in [1.82, 2.24) is 14.9 Å². The summed E-state index contributed by atoms with van der Waals surface area (Å²) in [6, 6.07) is 5.16. The monoisotopic (exact) mass is 478 g/mol. The Morgan fingerprint density at radius 1 is 0.800 bits per heavy atom. The molecule has 0 unspecified atom stereocenters. The van der Waals surface area contributed by atoms with Crippen molar-refractivity contribution in [3.05, 3.63) is 46.5 Å². The predicted molar refractivity (Wildman–Crippen MR) is 121 cm³/mol. The molecule has 4 amide bonds. The van der Waals surface area contributed by atoms with Crippen molar-refractivity contribution in [2.45, 2.75) is 57.7 Å². The van der Waals surface area contributed by atoms with Crippen molar-refractivity contribution < 1.29 is 34.3 Å². The summed E-state index contributed by atoms with van der Waals surface area (Å²) in [5, 5.41) is 23.4. The minimum Gasteiger partial charge on any atom is -0.480 e. The van der Waals surface area contributed by atoms with Crippen LogP contribution in [0.4, 0.5) is 0 Å². The van der Waals surface area contributed by atoms with Crippen LogP contribution < -0.4 is 0 Å². The van der Waals surface area contributed by atoms with Gasteiger partial charge in [0.05, 0.1) is 0 Å². The fourth-order valence-corrected chi connectivity index (χ4v) is 5.95. The number of amides is 4. The Morgan fingerprint density at radius 3 is 1.54 bits per heavy atom. The van der Waals surface area contributed by atoms with E-state index >= 15 is 0 Å². The zero-order valence-electron chi connectivity index (χ0n) is 19.7. The van der Waals surface area contributed by atoms with E-state index in [-0.39, 0.29) is 33.0 Å². The Balaban J connectivity index is 1.65. The first-order valence-electron chi connectivity index (χ1n) is 11.3. The molecule has 0 aliphatic carbocycles. The Labute approximate surface area is 200 Å². The van der Waals surface area contributed by atoms with E-state index in [0.717, 1.165) is 5.06 Å². The number of benzene rings is 2. The average molecular weight is 478 g/mol. The largest absolute Gasteiger partial charge is 0.480 e. The van der Waals surface area contributed by atoms with Gasteiger partial charge in [-0.15, -0.1) is 10.3 Å². The summed E-state index contributed by atoms with van der Waals surface area (Å²) in [7, 11) is 0. The molecule has 3 aliphatic rings. The average Bonchev–Trinajstić information content (AvgIpc) is 2.76. The molecule has 181 valence electrons. The highest BCUT2D eigenvalue weighted by atomic mass is 16.5. The number of aliphatic carboxylic acids is 1. The number of carbonyl (C=O) groups is 5. The minimum atomic E-state index is -1.34. The van der Waals surface area contributed by atoms with Gasteiger partial charge < -0.3 is 5.11 Å². The van der Waals surface area contributed by atoms with Crippen LogP contribution in [-0.4, -0.2) is 73.2 Å². The molecule has 0 saturated carbocycles. The summed E-state index contributed by atoms with van der Waals surface area (Å²) in [5.41, 5.74) is -1.09. The number of piperidine rings is 1. The van der Waals surface area contributed by atoms with Crippen molar-refractivity contribution in [1.29, 1.82) is 0 Å². The van der Waals surface area contributed by atoms with Crippen molar-refractivity contribution in [3.63, 3.8) is 0 Å². The normalized spacial score (nSPS) is 21.7. The van der Waals surface area contributed by atoms with Crippen LogP contribution in [0.25, 0.3) is 10.8 Å². The van der Waals surface area contributed by atoms with Crippen LogP contribution in [0, 0.1) is 0 Å². The highest BCUT2D eigenvalue weighted by molar-refractivity contribution is 6.33. The number of rotatable bonds is 3. The molecule has 3 heterocycles. The summed E-state index contributed by atoms with van der Waals surface area (Å²) < 4.78 is 0. The first-order chi connectivity index (χ1) is 16.3. The molecule has 0 spiro atoms. The second kappa shape index (κ2) is 7.19. The zero-order chi connectivity index (χ0) is 25.6. The van der Waals surface area contributed by atoms with Gasteiger partial charge in [0.15, 0.2) is 0 Å². The predicted octanol–water partition coefficient (Wildman–Crippen LogP) is 2.48. The van der Waals surface area contributed by atoms with Gasteiger partial charge in [-0.2, -0.15) is 0 Å². The lowest BCUT2D eigenvalue weighted by atomic mass is 9.77. The van der Waals surface area contributed by atoms with E-state index in [2.05, 4.69) is 0 Å². The van der Waals surface area contributed by atoms with Gasteiger partial charge in [-0.3, -0.25) is 33.8 Å². The second-order valence-corrected chi connectivity index (χ2v) is 10.6. The molecule has 10 heteroatoms. The smallest absolute Gasteiger partial charge is 0.323 e. The van der Waals surface area contributed by atoms with E-state index < -0.39 is 53.3 Å². The van der Waals surface area contributed by atoms with Gasteiger partial charge in [0, 0.05) is 50.1 Å². The maximum atomic E-state index is 13.7. The highest BCUT2D eigenvalue weighted by Crippen LogP contribution is 2.43. The maximum absolute atomic E-state index is 13.7. The van der Waals surface area contributed by atoms with Crippen LogP contribution >= 0.6 is 0 Å². The molecular formula is C25H24N3O7. The lowest BCUT2D eigenvalue weighted by Crippen LogP contribution is -2.64. The molecule has 1 N–H and O–H groups in total. The summed E-state index contributed by atoms with van der Waals surface area (Å²) in [4.78, 5) is 66.3. The first kappa shape index (κ1) is 23.1. The number of carboxylic acids is 1. The number of imide groups is 2. The van der Waals surface area contributed by atoms with Crippen molar-refractivity contribution in [3.8, 4) is 0 Å². The molecule has 0 atom stereocenters. The van der Waals surface area contributed by atoms with Crippen LogP contribution in [0.3, 0.4) is 0 Å². The van der Waals surface area contributed by atoms with E-state index in [0.29, 0.717) is 17.7 Å². The van der Waals surface area contributed by atoms with Crippen LogP contribution in [-0.2, 0) is 10.0 Å². The van der Waals surface area contributed by atoms with Crippen molar-refractivity contribution in [2.75, 3.05) is 6.54 Å². The van der Waals surface area contributed by atoms with Gasteiger partial charge in [-0.1, -0.05) is 0 Å². The fourth-order valence-electron chi connectivity index (χ4n) is 5.95. The summed E-state index contributed by atoms with van der Waals surface area (Å²) >= 11 is 0. The van der Waals surface area contributed by atoms with Gasteiger partial charge in [-0.05, 0) is 64.8 Å². The Bertz CT molecular complexity index is 1290. The molecule has 35 heavy (non-hydrogen) atoms. The number of hydrogen-bond acceptors (Lipinski definition) is 6. The van der Waals surface area contributed by atoms with E-state index in [1.807, 2.05) is 0 Å². The maximum Gasteiger partial charge on any atom is 0.323 e. The van der Waals surface area contributed by atoms with E-state index in [1.54, 1.807) is 27.7 Å². The molecule has 2 aromatic carbocycles. The topological polar surface area (TPSA) is 135 Å². The van der Waals surface area contributed by atoms with Gasteiger partial charge >= 0.3 is 5.97 Å². The SMILES string of the molecule is CC1(C)CC(N2C(=O)c3ccc4c5c(ccc(c35)C2=O)C(=O)N(CC(=O)O)C4=O)CC(C)(C)N1[O]. The quantitative estimate of drug-likeness (QED) is 0.670. The number of hydrogen-bond donors (Lipinski definition) is 1. The third kappa shape index (κ3) is 3.13. The molecule has 1 saturated heterocycles. The van der Waals surface area contributed by atoms with E-state index in [4.69, 9.17) is 5.11 Å². The summed E-state index contributed by atoms with van der Waals surface area (Å²) in [5.74, 6) is -4.01. The Hall–Kier alpha value is -3.63. The van der Waals surface area contributed by atoms with Crippen molar-refractivity contribution >= 4 is 40.4 Å². The Morgan fingerprint density at radius 2 is 1.17 bits per heavy atom. The van der Waals surface area contributed by atoms with Crippen LogP contribution in [0.15, 0.2) is 24.3 Å². The van der Waals surface area contributed by atoms with Gasteiger partial charge in [0.1, 0.15) is 6.54 Å². The molecule has 1 fully saturated rings. The summed E-state index contributed by atoms with van der Waals surface area (Å²) in [6.45, 7) is 6.34. The molecule has 5 rings (SSSR count). The van der Waals surface area contributed by atoms with E-state index in [1.165, 1.54) is 29.2 Å². The third-order valence-corrected chi connectivity index (χ3v) is 7.24. The van der Waals surface area contributed by atoms with Crippen LogP contribution in [0.1, 0.15) is 82.0 Å². The standard InChI is InChI=1S/C25H24N3O7/c1-24(2)9-12(10-25(3,4)28(24)35)27-22(33)15-7-5-13-18-14(6-8-16(19(15)18)23(27)34)21(32)26(20(13)31)11-17(29)30/h5-8,12H,9-11H2,1-4H3,(H,29,30). The molecule has 0 bridgehead atoms. The Kier molecular flexibility index (Phi) is 4.75. The number of carboxylic acid groups (broad SMARTS) is 1. The molecule has 2 aromatic rings. The van der Waals surface area contributed by atoms with Crippen LogP contribution in [0.5, 0.6) is 0 Å². The number of nitrogens with zero attached hydrogens (tertiary/aromatic N) is 3. The second-order valence-electron chi connectivity index (χ2n) is 10.6. The lowest BCUT2D eigenvalue weighted by molar-refractivity contribution is -0.292. The van der Waals surface area contributed by atoms with Gasteiger partial charge in [-0.25, -0.2) is 0 Å². The number of carbonyl (C=O) groups excluding carboxylic acids is 4. The first-order valence-corrected chi connectivity index (χ1v) is 11.3. The lowest BCUT2D eigenvalue weighted by Gasteiger charge is -2.52. The van der Waals surface area contributed by atoms with Crippen LogP contribution in [0.2, 0.25) is 0 Å². The molecule has 10 nitrogen and oxygen atoms in total. The zero-order valence-corrected chi connectivity index (χ0v) is 19.7. The van der Waals surface area contributed by atoms with E-state index in [9.17, 15) is 29.2 Å². The molecule has 0 aromatic heterocycles. The van der Waals surface area contributed by atoms with Gasteiger partial charge in [0.2, 0.25) is 0 Å².